The Kier molecular flexibility index (Phi) is 3.75. The van der Waals surface area contributed by atoms with Crippen LogP contribution in [0.3, 0.4) is 0 Å². The standard InChI is InChI=1S/C10H20N2O2/c1-9-6-11-3-4-12(9)7-10-2-5-13-8-14-10/h9-11H,2-8H2,1H3. The highest BCUT2D eigenvalue weighted by molar-refractivity contribution is 4.78. The molecule has 1 N–H and O–H groups in total. The predicted octanol–water partition coefficient (Wildman–Crippen LogP) is 0.0431. The molecule has 0 aromatic carbocycles. The van der Waals surface area contributed by atoms with E-state index in [2.05, 4.69) is 17.1 Å². The number of hydrogen-bond donors (Lipinski definition) is 1. The fraction of sp³-hybridized carbons (Fsp3) is 1.00. The van der Waals surface area contributed by atoms with Gasteiger partial charge in [-0.05, 0) is 13.3 Å². The van der Waals surface area contributed by atoms with Crippen molar-refractivity contribution < 1.29 is 9.47 Å². The Labute approximate surface area is 85.5 Å². The zero-order chi connectivity index (χ0) is 9.80. The highest BCUT2D eigenvalue weighted by Crippen LogP contribution is 2.11. The lowest BCUT2D eigenvalue weighted by Gasteiger charge is -2.37. The van der Waals surface area contributed by atoms with Crippen molar-refractivity contribution in [1.29, 1.82) is 0 Å². The SMILES string of the molecule is CC1CNCCN1CC1CCOCO1. The van der Waals surface area contributed by atoms with E-state index < -0.39 is 0 Å². The first-order valence-corrected chi connectivity index (χ1v) is 5.50. The Bertz CT molecular complexity index is 172. The summed E-state index contributed by atoms with van der Waals surface area (Å²) >= 11 is 0. The minimum Gasteiger partial charge on any atom is -0.355 e. The third-order valence-electron chi connectivity index (χ3n) is 3.05. The van der Waals surface area contributed by atoms with Gasteiger partial charge in [0.15, 0.2) is 0 Å². The Morgan fingerprint density at radius 1 is 1.50 bits per heavy atom. The van der Waals surface area contributed by atoms with Gasteiger partial charge >= 0.3 is 0 Å². The van der Waals surface area contributed by atoms with E-state index in [0.717, 1.165) is 39.2 Å². The zero-order valence-electron chi connectivity index (χ0n) is 8.87. The van der Waals surface area contributed by atoms with E-state index in [1.165, 1.54) is 0 Å². The second kappa shape index (κ2) is 5.07. The van der Waals surface area contributed by atoms with E-state index >= 15 is 0 Å². The normalized spacial score (nSPS) is 35.8. The quantitative estimate of drug-likeness (QED) is 0.682. The van der Waals surface area contributed by atoms with Crippen LogP contribution in [0.4, 0.5) is 0 Å². The van der Waals surface area contributed by atoms with Crippen LogP contribution >= 0.6 is 0 Å². The number of ether oxygens (including phenoxy) is 2. The van der Waals surface area contributed by atoms with Crippen LogP contribution in [0.1, 0.15) is 13.3 Å². The number of nitrogens with one attached hydrogen (secondary N) is 1. The fourth-order valence-corrected chi connectivity index (χ4v) is 2.06. The van der Waals surface area contributed by atoms with Crippen molar-refractivity contribution in [2.45, 2.75) is 25.5 Å². The molecule has 2 fully saturated rings. The van der Waals surface area contributed by atoms with Crippen LogP contribution in [-0.4, -0.2) is 56.6 Å². The van der Waals surface area contributed by atoms with Crippen molar-refractivity contribution in [2.24, 2.45) is 0 Å². The molecule has 0 aliphatic carbocycles. The van der Waals surface area contributed by atoms with Crippen LogP contribution < -0.4 is 5.32 Å². The van der Waals surface area contributed by atoms with Crippen molar-refractivity contribution in [3.63, 3.8) is 0 Å². The van der Waals surface area contributed by atoms with Gasteiger partial charge < -0.3 is 14.8 Å². The number of rotatable bonds is 2. The molecule has 2 rings (SSSR count). The lowest BCUT2D eigenvalue weighted by atomic mass is 10.1. The summed E-state index contributed by atoms with van der Waals surface area (Å²) in [5, 5.41) is 3.39. The average molecular weight is 200 g/mol. The van der Waals surface area contributed by atoms with Gasteiger partial charge in [-0.15, -0.1) is 0 Å². The zero-order valence-corrected chi connectivity index (χ0v) is 8.87. The van der Waals surface area contributed by atoms with Crippen molar-refractivity contribution in [3.05, 3.63) is 0 Å². The number of nitrogens with zero attached hydrogens (tertiary/aromatic N) is 1. The van der Waals surface area contributed by atoms with E-state index in [9.17, 15) is 0 Å². The van der Waals surface area contributed by atoms with Crippen LogP contribution in [0, 0.1) is 0 Å². The molecule has 0 spiro atoms. The van der Waals surface area contributed by atoms with E-state index in [1.54, 1.807) is 0 Å². The molecule has 0 saturated carbocycles. The molecule has 2 atom stereocenters. The number of hydrogen-bond acceptors (Lipinski definition) is 4. The maximum Gasteiger partial charge on any atom is 0.147 e. The lowest BCUT2D eigenvalue weighted by molar-refractivity contribution is -0.146. The van der Waals surface area contributed by atoms with E-state index in [-0.39, 0.29) is 0 Å². The van der Waals surface area contributed by atoms with Gasteiger partial charge in [0.2, 0.25) is 0 Å². The summed E-state index contributed by atoms with van der Waals surface area (Å²) in [7, 11) is 0. The van der Waals surface area contributed by atoms with E-state index in [1.807, 2.05) is 0 Å². The average Bonchev–Trinajstić information content (AvgIpc) is 2.23. The second-order valence-electron chi connectivity index (χ2n) is 4.15. The van der Waals surface area contributed by atoms with Gasteiger partial charge in [0.05, 0.1) is 12.7 Å². The van der Waals surface area contributed by atoms with Gasteiger partial charge in [-0.25, -0.2) is 0 Å². The van der Waals surface area contributed by atoms with Crippen molar-refractivity contribution in [1.82, 2.24) is 10.2 Å². The molecule has 82 valence electrons. The van der Waals surface area contributed by atoms with Gasteiger partial charge in [-0.1, -0.05) is 0 Å². The third-order valence-corrected chi connectivity index (χ3v) is 3.05. The highest BCUT2D eigenvalue weighted by Gasteiger charge is 2.23. The van der Waals surface area contributed by atoms with Gasteiger partial charge in [0.1, 0.15) is 6.79 Å². The Morgan fingerprint density at radius 3 is 3.14 bits per heavy atom. The molecule has 2 aliphatic heterocycles. The van der Waals surface area contributed by atoms with Crippen LogP contribution in [0.2, 0.25) is 0 Å². The molecule has 0 bridgehead atoms. The van der Waals surface area contributed by atoms with Crippen LogP contribution in [-0.2, 0) is 9.47 Å². The first kappa shape index (κ1) is 10.4. The van der Waals surface area contributed by atoms with Crippen LogP contribution in [0.15, 0.2) is 0 Å². The van der Waals surface area contributed by atoms with Crippen molar-refractivity contribution >= 4 is 0 Å². The Morgan fingerprint density at radius 2 is 2.43 bits per heavy atom. The van der Waals surface area contributed by atoms with E-state index in [4.69, 9.17) is 9.47 Å². The van der Waals surface area contributed by atoms with Gasteiger partial charge in [0, 0.05) is 32.2 Å². The summed E-state index contributed by atoms with van der Waals surface area (Å²) in [6.45, 7) is 8.01. The smallest absolute Gasteiger partial charge is 0.147 e. The third kappa shape index (κ3) is 2.67. The van der Waals surface area contributed by atoms with E-state index in [0.29, 0.717) is 18.9 Å². The molecule has 4 heteroatoms. The largest absolute Gasteiger partial charge is 0.355 e. The maximum absolute atomic E-state index is 5.54. The first-order valence-electron chi connectivity index (χ1n) is 5.50. The second-order valence-corrected chi connectivity index (χ2v) is 4.15. The molecular formula is C10H20N2O2. The lowest BCUT2D eigenvalue weighted by Crippen LogP contribution is -2.52. The first-order chi connectivity index (χ1) is 6.86. The molecule has 2 saturated heterocycles. The minimum absolute atomic E-state index is 0.379. The molecular weight excluding hydrogens is 180 g/mol. The summed E-state index contributed by atoms with van der Waals surface area (Å²) in [6, 6.07) is 0.634. The van der Waals surface area contributed by atoms with Crippen molar-refractivity contribution in [2.75, 3.05) is 39.6 Å². The maximum atomic E-state index is 5.54. The topological polar surface area (TPSA) is 33.7 Å². The molecule has 14 heavy (non-hydrogen) atoms. The summed E-state index contributed by atoms with van der Waals surface area (Å²) < 4.78 is 10.7. The molecule has 2 heterocycles. The fourth-order valence-electron chi connectivity index (χ4n) is 2.06. The monoisotopic (exact) mass is 200 g/mol. The molecule has 0 aromatic rings. The van der Waals surface area contributed by atoms with Gasteiger partial charge in [-0.2, -0.15) is 0 Å². The van der Waals surface area contributed by atoms with Gasteiger partial charge in [-0.3, -0.25) is 4.90 Å². The molecule has 0 radical (unpaired) electrons. The molecule has 0 aromatic heterocycles. The predicted molar refractivity (Wildman–Crippen MR) is 54.2 cm³/mol. The summed E-state index contributed by atoms with van der Waals surface area (Å²) in [5.74, 6) is 0. The summed E-state index contributed by atoms with van der Waals surface area (Å²) in [4.78, 5) is 2.51. The van der Waals surface area contributed by atoms with Crippen LogP contribution in [0.25, 0.3) is 0 Å². The van der Waals surface area contributed by atoms with Crippen molar-refractivity contribution in [3.8, 4) is 0 Å². The molecule has 4 nitrogen and oxygen atoms in total. The van der Waals surface area contributed by atoms with Crippen LogP contribution in [0.5, 0.6) is 0 Å². The number of piperazine rings is 1. The minimum atomic E-state index is 0.379. The Balaban J connectivity index is 1.76. The van der Waals surface area contributed by atoms with Gasteiger partial charge in [0.25, 0.3) is 0 Å². The Hall–Kier alpha value is -0.160. The molecule has 0 amide bonds. The highest BCUT2D eigenvalue weighted by atomic mass is 16.7. The summed E-state index contributed by atoms with van der Waals surface area (Å²) in [5.41, 5.74) is 0. The summed E-state index contributed by atoms with van der Waals surface area (Å²) in [6.07, 6.45) is 1.42. The molecule has 2 unspecified atom stereocenters. The molecule has 2 aliphatic rings.